The molecule has 0 aromatic carbocycles. The molecule has 16 heavy (non-hydrogen) atoms. The Kier molecular flexibility index (Phi) is 4.29. The standard InChI is InChI=1S/C12H20N2OS/c1-9-10(2)15-12(14-9)8-13-7-11-5-3-4-6-16-11/h11,13H,3-8H2,1-2H3. The molecule has 1 aromatic heterocycles. The number of aromatic nitrogens is 1. The highest BCUT2D eigenvalue weighted by Gasteiger charge is 2.13. The number of nitrogens with zero attached hydrogens (tertiary/aromatic N) is 1. The monoisotopic (exact) mass is 240 g/mol. The van der Waals surface area contributed by atoms with Gasteiger partial charge in [0.2, 0.25) is 5.89 Å². The molecule has 1 atom stereocenters. The van der Waals surface area contributed by atoms with Crippen molar-refractivity contribution in [3.63, 3.8) is 0 Å². The van der Waals surface area contributed by atoms with Crippen molar-refractivity contribution in [2.24, 2.45) is 0 Å². The summed E-state index contributed by atoms with van der Waals surface area (Å²) in [7, 11) is 0. The summed E-state index contributed by atoms with van der Waals surface area (Å²) in [5, 5.41) is 4.22. The van der Waals surface area contributed by atoms with Crippen molar-refractivity contribution in [2.75, 3.05) is 12.3 Å². The molecule has 2 heterocycles. The van der Waals surface area contributed by atoms with Gasteiger partial charge in [0.1, 0.15) is 5.76 Å². The summed E-state index contributed by atoms with van der Waals surface area (Å²) < 4.78 is 5.52. The molecule has 0 radical (unpaired) electrons. The van der Waals surface area contributed by atoms with Crippen LogP contribution in [0.1, 0.15) is 36.6 Å². The molecule has 4 heteroatoms. The van der Waals surface area contributed by atoms with Gasteiger partial charge in [-0.15, -0.1) is 0 Å². The second kappa shape index (κ2) is 5.73. The van der Waals surface area contributed by atoms with Crippen molar-refractivity contribution in [1.82, 2.24) is 10.3 Å². The van der Waals surface area contributed by atoms with Crippen LogP contribution in [0.3, 0.4) is 0 Å². The first-order chi connectivity index (χ1) is 7.75. The van der Waals surface area contributed by atoms with Crippen LogP contribution in [0.5, 0.6) is 0 Å². The predicted molar refractivity (Wildman–Crippen MR) is 67.8 cm³/mol. The molecule has 3 nitrogen and oxygen atoms in total. The summed E-state index contributed by atoms with van der Waals surface area (Å²) in [4.78, 5) is 4.36. The summed E-state index contributed by atoms with van der Waals surface area (Å²) in [5.41, 5.74) is 1.00. The Balaban J connectivity index is 1.71. The summed E-state index contributed by atoms with van der Waals surface area (Å²) in [6.45, 7) is 5.78. The quantitative estimate of drug-likeness (QED) is 0.878. The summed E-state index contributed by atoms with van der Waals surface area (Å²) in [6.07, 6.45) is 4.12. The van der Waals surface area contributed by atoms with E-state index < -0.39 is 0 Å². The van der Waals surface area contributed by atoms with Crippen LogP contribution in [0.15, 0.2) is 4.42 Å². The first kappa shape index (κ1) is 12.0. The maximum Gasteiger partial charge on any atom is 0.208 e. The smallest absolute Gasteiger partial charge is 0.208 e. The van der Waals surface area contributed by atoms with Crippen molar-refractivity contribution >= 4 is 11.8 Å². The van der Waals surface area contributed by atoms with E-state index in [2.05, 4.69) is 22.1 Å². The highest BCUT2D eigenvalue weighted by molar-refractivity contribution is 7.99. The molecule has 0 amide bonds. The average Bonchev–Trinajstić information content (AvgIpc) is 2.60. The molecule has 2 rings (SSSR count). The Morgan fingerprint density at radius 1 is 1.44 bits per heavy atom. The molecule has 0 spiro atoms. The Hall–Kier alpha value is -0.480. The summed E-state index contributed by atoms with van der Waals surface area (Å²) in [5.74, 6) is 3.07. The summed E-state index contributed by atoms with van der Waals surface area (Å²) in [6, 6.07) is 0. The minimum Gasteiger partial charge on any atom is -0.444 e. The Bertz CT molecular complexity index is 312. The Morgan fingerprint density at radius 2 is 2.31 bits per heavy atom. The van der Waals surface area contributed by atoms with E-state index in [-0.39, 0.29) is 0 Å². The number of nitrogens with one attached hydrogen (secondary N) is 1. The number of aryl methyl sites for hydroxylation is 2. The molecule has 0 saturated carbocycles. The maximum absolute atomic E-state index is 5.52. The van der Waals surface area contributed by atoms with Gasteiger partial charge in [0.15, 0.2) is 0 Å². The maximum atomic E-state index is 5.52. The van der Waals surface area contributed by atoms with Gasteiger partial charge in [-0.1, -0.05) is 6.42 Å². The molecule has 1 aromatic rings. The van der Waals surface area contributed by atoms with E-state index >= 15 is 0 Å². The van der Waals surface area contributed by atoms with Crippen LogP contribution in [-0.4, -0.2) is 22.5 Å². The van der Waals surface area contributed by atoms with Gasteiger partial charge in [-0.25, -0.2) is 4.98 Å². The van der Waals surface area contributed by atoms with Crippen molar-refractivity contribution in [3.8, 4) is 0 Å². The molecule has 1 unspecified atom stereocenters. The minimum atomic E-state index is 0.756. The molecule has 1 N–H and O–H groups in total. The van der Waals surface area contributed by atoms with Crippen LogP contribution in [0, 0.1) is 13.8 Å². The lowest BCUT2D eigenvalue weighted by Crippen LogP contribution is -2.26. The highest BCUT2D eigenvalue weighted by Crippen LogP contribution is 2.24. The van der Waals surface area contributed by atoms with Gasteiger partial charge in [-0.05, 0) is 32.4 Å². The van der Waals surface area contributed by atoms with E-state index in [0.717, 1.165) is 35.7 Å². The second-order valence-electron chi connectivity index (χ2n) is 4.37. The lowest BCUT2D eigenvalue weighted by Gasteiger charge is -2.21. The largest absolute Gasteiger partial charge is 0.444 e. The minimum absolute atomic E-state index is 0.756. The van der Waals surface area contributed by atoms with E-state index in [1.807, 2.05) is 13.8 Å². The molecule has 1 aliphatic heterocycles. The van der Waals surface area contributed by atoms with E-state index in [9.17, 15) is 0 Å². The molecular weight excluding hydrogens is 220 g/mol. The SMILES string of the molecule is Cc1nc(CNCC2CCCCS2)oc1C. The molecule has 0 aliphatic carbocycles. The van der Waals surface area contributed by atoms with Crippen LogP contribution in [0.2, 0.25) is 0 Å². The van der Waals surface area contributed by atoms with Crippen LogP contribution in [0.25, 0.3) is 0 Å². The molecule has 0 bridgehead atoms. The van der Waals surface area contributed by atoms with Crippen molar-refractivity contribution in [3.05, 3.63) is 17.3 Å². The molecular formula is C12H20N2OS. The fraction of sp³-hybridized carbons (Fsp3) is 0.750. The molecule has 1 saturated heterocycles. The van der Waals surface area contributed by atoms with Gasteiger partial charge in [0.25, 0.3) is 0 Å². The fourth-order valence-electron chi connectivity index (χ4n) is 1.92. The van der Waals surface area contributed by atoms with Crippen molar-refractivity contribution in [2.45, 2.75) is 44.9 Å². The first-order valence-corrected chi connectivity index (χ1v) is 7.06. The van der Waals surface area contributed by atoms with E-state index in [0.29, 0.717) is 0 Å². The Morgan fingerprint density at radius 3 is 2.94 bits per heavy atom. The number of hydrogen-bond acceptors (Lipinski definition) is 4. The zero-order valence-corrected chi connectivity index (χ0v) is 10.9. The number of oxazole rings is 1. The van der Waals surface area contributed by atoms with E-state index in [4.69, 9.17) is 4.42 Å². The van der Waals surface area contributed by atoms with E-state index in [1.54, 1.807) is 0 Å². The lowest BCUT2D eigenvalue weighted by atomic mass is 10.2. The van der Waals surface area contributed by atoms with Crippen molar-refractivity contribution < 1.29 is 4.42 Å². The third-order valence-electron chi connectivity index (χ3n) is 3.00. The predicted octanol–water partition coefficient (Wildman–Crippen LogP) is 2.67. The summed E-state index contributed by atoms with van der Waals surface area (Å²) >= 11 is 2.09. The Labute approximate surface area is 101 Å². The van der Waals surface area contributed by atoms with Crippen molar-refractivity contribution in [1.29, 1.82) is 0 Å². The van der Waals surface area contributed by atoms with Crippen LogP contribution < -0.4 is 5.32 Å². The number of thioether (sulfide) groups is 1. The van der Waals surface area contributed by atoms with E-state index in [1.165, 1.54) is 25.0 Å². The normalized spacial score (nSPS) is 21.2. The zero-order valence-electron chi connectivity index (χ0n) is 10.1. The molecule has 1 aliphatic rings. The van der Waals surface area contributed by atoms with Crippen LogP contribution >= 0.6 is 11.8 Å². The molecule has 1 fully saturated rings. The highest BCUT2D eigenvalue weighted by atomic mass is 32.2. The van der Waals surface area contributed by atoms with Crippen LogP contribution in [-0.2, 0) is 6.54 Å². The topological polar surface area (TPSA) is 38.1 Å². The third kappa shape index (κ3) is 3.25. The molecule has 90 valence electrons. The fourth-order valence-corrected chi connectivity index (χ4v) is 3.20. The van der Waals surface area contributed by atoms with Gasteiger partial charge in [0.05, 0.1) is 12.2 Å². The second-order valence-corrected chi connectivity index (χ2v) is 5.78. The van der Waals surface area contributed by atoms with Gasteiger partial charge in [0, 0.05) is 11.8 Å². The van der Waals surface area contributed by atoms with Gasteiger partial charge >= 0.3 is 0 Å². The number of rotatable bonds is 4. The zero-order chi connectivity index (χ0) is 11.4. The van der Waals surface area contributed by atoms with Gasteiger partial charge in [-0.3, -0.25) is 0 Å². The van der Waals surface area contributed by atoms with Gasteiger partial charge in [-0.2, -0.15) is 11.8 Å². The first-order valence-electron chi connectivity index (χ1n) is 6.01. The third-order valence-corrected chi connectivity index (χ3v) is 4.39. The van der Waals surface area contributed by atoms with Crippen LogP contribution in [0.4, 0.5) is 0 Å². The van der Waals surface area contributed by atoms with Gasteiger partial charge < -0.3 is 9.73 Å². The average molecular weight is 240 g/mol. The number of hydrogen-bond donors (Lipinski definition) is 1. The lowest BCUT2D eigenvalue weighted by molar-refractivity contribution is 0.446.